The number of anilines is 2. The van der Waals surface area contributed by atoms with E-state index in [4.69, 9.17) is 5.73 Å². The van der Waals surface area contributed by atoms with Crippen LogP contribution in [0.15, 0.2) is 24.8 Å². The monoisotopic (exact) mass is 244 g/mol. The van der Waals surface area contributed by atoms with Crippen LogP contribution < -0.4 is 10.6 Å². The number of aromatic nitrogens is 4. The second-order valence-electron chi connectivity index (χ2n) is 4.54. The molecule has 2 aromatic rings. The highest BCUT2D eigenvalue weighted by molar-refractivity contribution is 5.46. The molecule has 2 aromatic heterocycles. The van der Waals surface area contributed by atoms with Gasteiger partial charge in [0, 0.05) is 37.5 Å². The molecule has 3 N–H and O–H groups in total. The summed E-state index contributed by atoms with van der Waals surface area (Å²) in [4.78, 5) is 18.0. The molecule has 94 valence electrons. The van der Waals surface area contributed by atoms with Crippen molar-refractivity contribution in [2.24, 2.45) is 0 Å². The fraction of sp³-hybridized carbons (Fsp3) is 0.417. The van der Waals surface area contributed by atoms with E-state index < -0.39 is 0 Å². The van der Waals surface area contributed by atoms with Crippen LogP contribution in [0.3, 0.4) is 0 Å². The van der Waals surface area contributed by atoms with Gasteiger partial charge in [0.2, 0.25) is 0 Å². The summed E-state index contributed by atoms with van der Waals surface area (Å²) >= 11 is 0. The first-order chi connectivity index (χ1) is 8.83. The number of hydrogen-bond acceptors (Lipinski definition) is 5. The standard InChI is InChI=1S/C12H16N6/c13-10-7-11(17-8-16-10)18-5-1-9(2-6-18)12-14-3-4-15-12/h3-4,7-9H,1-2,5-6H2,(H,14,15)(H2,13,16,17). The van der Waals surface area contributed by atoms with Crippen LogP contribution in [0.2, 0.25) is 0 Å². The van der Waals surface area contributed by atoms with E-state index in [0.717, 1.165) is 37.6 Å². The molecule has 3 rings (SSSR count). The van der Waals surface area contributed by atoms with Gasteiger partial charge in [-0.25, -0.2) is 15.0 Å². The number of imidazole rings is 1. The Labute approximate surface area is 105 Å². The molecule has 0 unspecified atom stereocenters. The number of nitrogens with two attached hydrogens (primary N) is 1. The third kappa shape index (κ3) is 2.13. The summed E-state index contributed by atoms with van der Waals surface area (Å²) in [6.07, 6.45) is 7.37. The van der Waals surface area contributed by atoms with Gasteiger partial charge in [0.25, 0.3) is 0 Å². The molecule has 0 atom stereocenters. The first-order valence-electron chi connectivity index (χ1n) is 6.14. The molecule has 1 aliphatic heterocycles. The Morgan fingerprint density at radius 2 is 2.06 bits per heavy atom. The van der Waals surface area contributed by atoms with E-state index in [2.05, 4.69) is 24.8 Å². The van der Waals surface area contributed by atoms with Crippen LogP contribution in [-0.2, 0) is 0 Å². The Morgan fingerprint density at radius 1 is 1.22 bits per heavy atom. The van der Waals surface area contributed by atoms with Crippen molar-refractivity contribution in [1.82, 2.24) is 19.9 Å². The average molecular weight is 244 g/mol. The summed E-state index contributed by atoms with van der Waals surface area (Å²) in [6, 6.07) is 1.83. The summed E-state index contributed by atoms with van der Waals surface area (Å²) < 4.78 is 0. The normalized spacial score (nSPS) is 17.0. The SMILES string of the molecule is Nc1cc(N2CCC(c3ncc[nH]3)CC2)ncn1. The molecular formula is C12H16N6. The zero-order valence-electron chi connectivity index (χ0n) is 10.1. The molecule has 0 radical (unpaired) electrons. The van der Waals surface area contributed by atoms with Gasteiger partial charge in [0.1, 0.15) is 23.8 Å². The molecule has 1 fully saturated rings. The van der Waals surface area contributed by atoms with Gasteiger partial charge < -0.3 is 15.6 Å². The third-order valence-electron chi connectivity index (χ3n) is 3.40. The van der Waals surface area contributed by atoms with E-state index in [1.807, 2.05) is 18.5 Å². The van der Waals surface area contributed by atoms with Crippen molar-refractivity contribution in [3.63, 3.8) is 0 Å². The van der Waals surface area contributed by atoms with E-state index >= 15 is 0 Å². The second-order valence-corrected chi connectivity index (χ2v) is 4.54. The predicted molar refractivity (Wildman–Crippen MR) is 69.2 cm³/mol. The molecule has 0 aromatic carbocycles. The van der Waals surface area contributed by atoms with E-state index in [9.17, 15) is 0 Å². The molecule has 6 heteroatoms. The summed E-state index contributed by atoms with van der Waals surface area (Å²) in [6.45, 7) is 1.95. The molecule has 0 amide bonds. The molecule has 0 bridgehead atoms. The molecule has 1 saturated heterocycles. The first kappa shape index (κ1) is 11.0. The van der Waals surface area contributed by atoms with Crippen molar-refractivity contribution in [2.75, 3.05) is 23.7 Å². The number of nitrogens with zero attached hydrogens (tertiary/aromatic N) is 4. The lowest BCUT2D eigenvalue weighted by molar-refractivity contribution is 0.486. The summed E-state index contributed by atoms with van der Waals surface area (Å²) in [5.74, 6) is 3.06. The van der Waals surface area contributed by atoms with Crippen molar-refractivity contribution < 1.29 is 0 Å². The van der Waals surface area contributed by atoms with Gasteiger partial charge in [0.15, 0.2) is 0 Å². The van der Waals surface area contributed by atoms with Crippen LogP contribution in [0.5, 0.6) is 0 Å². The van der Waals surface area contributed by atoms with E-state index in [-0.39, 0.29) is 0 Å². The molecule has 18 heavy (non-hydrogen) atoms. The molecule has 6 nitrogen and oxygen atoms in total. The smallest absolute Gasteiger partial charge is 0.134 e. The van der Waals surface area contributed by atoms with Crippen molar-refractivity contribution in [1.29, 1.82) is 0 Å². The number of H-pyrrole nitrogens is 1. The number of nitrogen functional groups attached to an aromatic ring is 1. The number of nitrogens with one attached hydrogen (secondary N) is 1. The van der Waals surface area contributed by atoms with Gasteiger partial charge in [-0.3, -0.25) is 0 Å². The lowest BCUT2D eigenvalue weighted by Crippen LogP contribution is -2.33. The van der Waals surface area contributed by atoms with Crippen molar-refractivity contribution in [2.45, 2.75) is 18.8 Å². The number of hydrogen-bond donors (Lipinski definition) is 2. The lowest BCUT2D eigenvalue weighted by Gasteiger charge is -2.31. The van der Waals surface area contributed by atoms with Gasteiger partial charge in [-0.15, -0.1) is 0 Å². The molecule has 0 saturated carbocycles. The Bertz CT molecular complexity index is 501. The molecule has 1 aliphatic rings. The minimum atomic E-state index is 0.521. The van der Waals surface area contributed by atoms with E-state index in [0.29, 0.717) is 11.7 Å². The van der Waals surface area contributed by atoms with Crippen LogP contribution >= 0.6 is 0 Å². The van der Waals surface area contributed by atoms with Crippen molar-refractivity contribution in [3.8, 4) is 0 Å². The summed E-state index contributed by atoms with van der Waals surface area (Å²) in [7, 11) is 0. The quantitative estimate of drug-likeness (QED) is 0.828. The van der Waals surface area contributed by atoms with E-state index in [1.165, 1.54) is 6.33 Å². The van der Waals surface area contributed by atoms with E-state index in [1.54, 1.807) is 0 Å². The van der Waals surface area contributed by atoms with Crippen LogP contribution in [0.25, 0.3) is 0 Å². The topological polar surface area (TPSA) is 83.7 Å². The van der Waals surface area contributed by atoms with Crippen LogP contribution in [-0.4, -0.2) is 33.0 Å². The molecule has 0 spiro atoms. The van der Waals surface area contributed by atoms with Crippen molar-refractivity contribution in [3.05, 3.63) is 30.6 Å². The third-order valence-corrected chi connectivity index (χ3v) is 3.40. The second kappa shape index (κ2) is 4.64. The van der Waals surface area contributed by atoms with Gasteiger partial charge in [-0.2, -0.15) is 0 Å². The number of rotatable bonds is 2. The Balaban J connectivity index is 1.67. The maximum atomic E-state index is 5.68. The van der Waals surface area contributed by atoms with Gasteiger partial charge in [-0.1, -0.05) is 0 Å². The Kier molecular flexibility index (Phi) is 2.84. The van der Waals surface area contributed by atoms with Crippen LogP contribution in [0.1, 0.15) is 24.6 Å². The fourth-order valence-electron chi connectivity index (χ4n) is 2.42. The Hall–Kier alpha value is -2.11. The minimum Gasteiger partial charge on any atom is -0.384 e. The average Bonchev–Trinajstić information content (AvgIpc) is 2.93. The number of aromatic amines is 1. The molecular weight excluding hydrogens is 228 g/mol. The summed E-state index contributed by atoms with van der Waals surface area (Å²) in [5, 5.41) is 0. The summed E-state index contributed by atoms with van der Waals surface area (Å²) in [5.41, 5.74) is 5.68. The minimum absolute atomic E-state index is 0.521. The maximum absolute atomic E-state index is 5.68. The fourth-order valence-corrected chi connectivity index (χ4v) is 2.42. The van der Waals surface area contributed by atoms with Crippen LogP contribution in [0.4, 0.5) is 11.6 Å². The zero-order valence-corrected chi connectivity index (χ0v) is 10.1. The highest BCUT2D eigenvalue weighted by Crippen LogP contribution is 2.27. The number of piperidine rings is 1. The molecule has 3 heterocycles. The predicted octanol–water partition coefficient (Wildman–Crippen LogP) is 1.17. The maximum Gasteiger partial charge on any atom is 0.134 e. The highest BCUT2D eigenvalue weighted by atomic mass is 15.2. The van der Waals surface area contributed by atoms with Gasteiger partial charge >= 0.3 is 0 Å². The first-order valence-corrected chi connectivity index (χ1v) is 6.14. The van der Waals surface area contributed by atoms with Gasteiger partial charge in [0.05, 0.1) is 0 Å². The highest BCUT2D eigenvalue weighted by Gasteiger charge is 2.22. The van der Waals surface area contributed by atoms with Gasteiger partial charge in [-0.05, 0) is 12.8 Å². The zero-order chi connectivity index (χ0) is 12.4. The largest absolute Gasteiger partial charge is 0.384 e. The Morgan fingerprint density at radius 3 is 2.72 bits per heavy atom. The van der Waals surface area contributed by atoms with Crippen molar-refractivity contribution >= 4 is 11.6 Å². The molecule has 0 aliphatic carbocycles. The van der Waals surface area contributed by atoms with Crippen LogP contribution in [0, 0.1) is 0 Å². The lowest BCUT2D eigenvalue weighted by atomic mass is 9.96.